The number of amides is 2. The van der Waals surface area contributed by atoms with E-state index >= 15 is 0 Å². The van der Waals surface area contributed by atoms with Crippen LogP contribution >= 0.6 is 0 Å². The first-order valence-electron chi connectivity index (χ1n) is 7.80. The molecule has 2 heterocycles. The van der Waals surface area contributed by atoms with Gasteiger partial charge in [0.15, 0.2) is 5.76 Å². The van der Waals surface area contributed by atoms with Crippen LogP contribution in [0.4, 0.5) is 0 Å². The van der Waals surface area contributed by atoms with Crippen molar-refractivity contribution in [2.45, 2.75) is 13.5 Å². The second kappa shape index (κ2) is 7.59. The van der Waals surface area contributed by atoms with Crippen LogP contribution < -0.4 is 10.9 Å². The summed E-state index contributed by atoms with van der Waals surface area (Å²) in [5.74, 6) is -0.970. The molecule has 7 nitrogen and oxygen atoms in total. The van der Waals surface area contributed by atoms with Crippen LogP contribution in [-0.2, 0) is 11.3 Å². The van der Waals surface area contributed by atoms with Crippen LogP contribution in [0.3, 0.4) is 0 Å². The number of para-hydroxylation sites is 1. The highest BCUT2D eigenvalue weighted by Crippen LogP contribution is 2.26. The third-order valence-electron chi connectivity index (χ3n) is 3.54. The maximum atomic E-state index is 12.4. The number of hydrogen-bond donors (Lipinski definition) is 2. The molecule has 0 aliphatic rings. The molecule has 0 spiro atoms. The van der Waals surface area contributed by atoms with Crippen molar-refractivity contribution in [1.82, 2.24) is 15.8 Å². The van der Waals surface area contributed by atoms with Crippen molar-refractivity contribution in [1.29, 1.82) is 0 Å². The fourth-order valence-corrected chi connectivity index (χ4v) is 2.36. The number of fused-ring (bicyclic) bond motifs is 1. The van der Waals surface area contributed by atoms with Crippen LogP contribution in [0.5, 0.6) is 0 Å². The number of furan rings is 1. The maximum Gasteiger partial charge on any atom is 0.305 e. The van der Waals surface area contributed by atoms with Crippen LogP contribution in [0.2, 0.25) is 0 Å². The molecule has 128 valence electrons. The van der Waals surface area contributed by atoms with Gasteiger partial charge in [0.05, 0.1) is 6.61 Å². The van der Waals surface area contributed by atoms with Gasteiger partial charge in [0.2, 0.25) is 0 Å². The van der Waals surface area contributed by atoms with Gasteiger partial charge >= 0.3 is 5.91 Å². The Kier molecular flexibility index (Phi) is 5.06. The molecule has 0 saturated carbocycles. The summed E-state index contributed by atoms with van der Waals surface area (Å²) >= 11 is 0. The predicted molar refractivity (Wildman–Crippen MR) is 90.7 cm³/mol. The molecule has 0 aliphatic carbocycles. The molecule has 2 N–H and O–H groups in total. The lowest BCUT2D eigenvalue weighted by atomic mass is 10.1. The highest BCUT2D eigenvalue weighted by Gasteiger charge is 2.21. The van der Waals surface area contributed by atoms with Crippen LogP contribution in [0.1, 0.15) is 33.5 Å². The number of rotatable bonds is 5. The summed E-state index contributed by atoms with van der Waals surface area (Å²) in [6.45, 7) is 2.62. The largest absolute Gasteiger partial charge is 0.450 e. The minimum atomic E-state index is -0.560. The average Bonchev–Trinajstić information content (AvgIpc) is 3.03. The van der Waals surface area contributed by atoms with Gasteiger partial charge in [-0.2, -0.15) is 0 Å². The highest BCUT2D eigenvalue weighted by molar-refractivity contribution is 6.01. The zero-order valence-corrected chi connectivity index (χ0v) is 13.6. The summed E-state index contributed by atoms with van der Waals surface area (Å²) < 4.78 is 11.1. The standard InChI is InChI=1S/C18H17N3O4/c1-2-24-11-13-12-7-3-4-9-15(12)25-16(13)18(23)21-20-17(22)14-8-5-6-10-19-14/h3-10H,2,11H2,1H3,(H,20,22)(H,21,23). The molecule has 7 heteroatoms. The lowest BCUT2D eigenvalue weighted by molar-refractivity contribution is 0.0823. The van der Waals surface area contributed by atoms with E-state index in [0.717, 1.165) is 5.39 Å². The van der Waals surface area contributed by atoms with E-state index in [0.29, 0.717) is 17.8 Å². The number of ether oxygens (including phenoxy) is 1. The molecule has 0 unspecified atom stereocenters. The average molecular weight is 339 g/mol. The van der Waals surface area contributed by atoms with Crippen LogP contribution in [0.25, 0.3) is 11.0 Å². The van der Waals surface area contributed by atoms with Crippen molar-refractivity contribution in [2.24, 2.45) is 0 Å². The molecule has 0 fully saturated rings. The van der Waals surface area contributed by atoms with E-state index in [2.05, 4.69) is 15.8 Å². The Bertz CT molecular complexity index is 890. The summed E-state index contributed by atoms with van der Waals surface area (Å²) in [5.41, 5.74) is 6.09. The molecule has 1 aromatic carbocycles. The molecule has 0 saturated heterocycles. The summed E-state index contributed by atoms with van der Waals surface area (Å²) in [6.07, 6.45) is 1.50. The zero-order valence-electron chi connectivity index (χ0n) is 13.6. The van der Waals surface area contributed by atoms with Crippen molar-refractivity contribution in [2.75, 3.05) is 6.61 Å². The molecule has 3 rings (SSSR count). The number of carbonyl (C=O) groups is 2. The molecule has 2 aromatic heterocycles. The van der Waals surface area contributed by atoms with Gasteiger partial charge in [-0.1, -0.05) is 24.3 Å². The van der Waals surface area contributed by atoms with Gasteiger partial charge in [0, 0.05) is 23.8 Å². The van der Waals surface area contributed by atoms with Crippen molar-refractivity contribution in [3.63, 3.8) is 0 Å². The van der Waals surface area contributed by atoms with Crippen LogP contribution in [-0.4, -0.2) is 23.4 Å². The minimum Gasteiger partial charge on any atom is -0.450 e. The smallest absolute Gasteiger partial charge is 0.305 e. The third kappa shape index (κ3) is 3.67. The van der Waals surface area contributed by atoms with E-state index < -0.39 is 11.8 Å². The number of nitrogens with zero attached hydrogens (tertiary/aromatic N) is 1. The second-order valence-electron chi connectivity index (χ2n) is 5.17. The molecule has 25 heavy (non-hydrogen) atoms. The van der Waals surface area contributed by atoms with Gasteiger partial charge < -0.3 is 9.15 Å². The van der Waals surface area contributed by atoms with Crippen molar-refractivity contribution >= 4 is 22.8 Å². The number of benzene rings is 1. The number of pyridine rings is 1. The monoisotopic (exact) mass is 339 g/mol. The normalized spacial score (nSPS) is 10.6. The molecule has 3 aromatic rings. The summed E-state index contributed by atoms with van der Waals surface area (Å²) in [7, 11) is 0. The quantitative estimate of drug-likeness (QED) is 0.696. The van der Waals surface area contributed by atoms with Crippen LogP contribution in [0, 0.1) is 0 Å². The fourth-order valence-electron chi connectivity index (χ4n) is 2.36. The van der Waals surface area contributed by atoms with Gasteiger partial charge in [-0.05, 0) is 25.1 Å². The van der Waals surface area contributed by atoms with Crippen molar-refractivity contribution in [3.8, 4) is 0 Å². The Morgan fingerprint density at radius 1 is 1.08 bits per heavy atom. The Labute approximate surface area is 144 Å². The Balaban J connectivity index is 1.78. The maximum absolute atomic E-state index is 12.4. The second-order valence-corrected chi connectivity index (χ2v) is 5.17. The SMILES string of the molecule is CCOCc1c(C(=O)NNC(=O)c2ccccn2)oc2ccccc12. The Morgan fingerprint density at radius 3 is 2.60 bits per heavy atom. The van der Waals surface area contributed by atoms with Crippen LogP contribution in [0.15, 0.2) is 53.1 Å². The number of hydrazine groups is 1. The lowest BCUT2D eigenvalue weighted by Gasteiger charge is -2.07. The summed E-state index contributed by atoms with van der Waals surface area (Å²) in [5, 5.41) is 0.803. The minimum absolute atomic E-state index is 0.107. The third-order valence-corrected chi connectivity index (χ3v) is 3.54. The van der Waals surface area contributed by atoms with Gasteiger partial charge in [0.25, 0.3) is 5.91 Å². The molecule has 0 atom stereocenters. The number of aromatic nitrogens is 1. The summed E-state index contributed by atoms with van der Waals surface area (Å²) in [6, 6.07) is 12.2. The van der Waals surface area contributed by atoms with E-state index in [1.54, 1.807) is 24.3 Å². The van der Waals surface area contributed by atoms with Gasteiger partial charge in [0.1, 0.15) is 11.3 Å². The fraction of sp³-hybridized carbons (Fsp3) is 0.167. The van der Waals surface area contributed by atoms with E-state index in [4.69, 9.17) is 9.15 Å². The molecule has 0 radical (unpaired) electrons. The molecule has 0 aliphatic heterocycles. The first-order valence-corrected chi connectivity index (χ1v) is 7.80. The topological polar surface area (TPSA) is 93.5 Å². The zero-order chi connectivity index (χ0) is 17.6. The highest BCUT2D eigenvalue weighted by atomic mass is 16.5. The number of nitrogens with one attached hydrogen (secondary N) is 2. The van der Waals surface area contributed by atoms with E-state index in [9.17, 15) is 9.59 Å². The Hall–Kier alpha value is -3.19. The van der Waals surface area contributed by atoms with E-state index in [-0.39, 0.29) is 18.1 Å². The number of carbonyl (C=O) groups excluding carboxylic acids is 2. The first kappa shape index (κ1) is 16.7. The van der Waals surface area contributed by atoms with E-state index in [1.165, 1.54) is 6.20 Å². The first-order chi connectivity index (χ1) is 12.2. The van der Waals surface area contributed by atoms with Crippen molar-refractivity contribution in [3.05, 3.63) is 65.7 Å². The van der Waals surface area contributed by atoms with Crippen molar-refractivity contribution < 1.29 is 18.7 Å². The molecule has 2 amide bonds. The van der Waals surface area contributed by atoms with Gasteiger partial charge in [-0.15, -0.1) is 0 Å². The predicted octanol–water partition coefficient (Wildman–Crippen LogP) is 2.44. The number of hydrogen-bond acceptors (Lipinski definition) is 5. The Morgan fingerprint density at radius 2 is 1.84 bits per heavy atom. The van der Waals surface area contributed by atoms with Gasteiger partial charge in [-0.3, -0.25) is 25.4 Å². The summed E-state index contributed by atoms with van der Waals surface area (Å²) in [4.78, 5) is 28.3. The van der Waals surface area contributed by atoms with E-state index in [1.807, 2.05) is 25.1 Å². The molecule has 0 bridgehead atoms. The van der Waals surface area contributed by atoms with Gasteiger partial charge in [-0.25, -0.2) is 0 Å². The molecular weight excluding hydrogens is 322 g/mol. The molecular formula is C18H17N3O4. The lowest BCUT2D eigenvalue weighted by Crippen LogP contribution is -2.42.